The summed E-state index contributed by atoms with van der Waals surface area (Å²) in [4.78, 5) is 14.4. The second kappa shape index (κ2) is 10.1. The van der Waals surface area contributed by atoms with E-state index in [-0.39, 0.29) is 5.91 Å². The minimum atomic E-state index is 0.0915. The summed E-state index contributed by atoms with van der Waals surface area (Å²) in [6.07, 6.45) is 0. The van der Waals surface area contributed by atoms with Gasteiger partial charge in [0.2, 0.25) is 11.0 Å². The van der Waals surface area contributed by atoms with Gasteiger partial charge in [0.1, 0.15) is 5.75 Å². The molecule has 0 radical (unpaired) electrons. The van der Waals surface area contributed by atoms with Crippen LogP contribution in [0.15, 0.2) is 58.9 Å². The summed E-state index contributed by atoms with van der Waals surface area (Å²) in [5.41, 5.74) is 2.01. The predicted molar refractivity (Wildman–Crippen MR) is 114 cm³/mol. The molecule has 0 aliphatic rings. The van der Waals surface area contributed by atoms with Gasteiger partial charge < -0.3 is 15.0 Å². The average Bonchev–Trinajstić information content (AvgIpc) is 3.18. The quantitative estimate of drug-likeness (QED) is 0.523. The number of benzene rings is 2. The molecule has 6 nitrogen and oxygen atoms in total. The SMILES string of the molecule is CCN(Cc1ccccc1)C(=O)CSc1nnc(Nc2cccc(OC)c2)s1. The van der Waals surface area contributed by atoms with Crippen molar-refractivity contribution in [1.82, 2.24) is 15.1 Å². The normalized spacial score (nSPS) is 10.5. The van der Waals surface area contributed by atoms with Gasteiger partial charge in [-0.15, -0.1) is 10.2 Å². The number of carbonyl (C=O) groups is 1. The first-order valence-corrected chi connectivity index (χ1v) is 10.7. The Morgan fingerprint density at radius 1 is 1.18 bits per heavy atom. The Kier molecular flexibility index (Phi) is 7.27. The van der Waals surface area contributed by atoms with Gasteiger partial charge in [-0.1, -0.05) is 59.5 Å². The fourth-order valence-corrected chi connectivity index (χ4v) is 4.21. The van der Waals surface area contributed by atoms with Crippen molar-refractivity contribution in [3.05, 3.63) is 60.2 Å². The number of hydrogen-bond acceptors (Lipinski definition) is 7. The van der Waals surface area contributed by atoms with Crippen molar-refractivity contribution in [2.75, 3.05) is 24.7 Å². The van der Waals surface area contributed by atoms with Crippen LogP contribution >= 0.6 is 23.1 Å². The first-order valence-electron chi connectivity index (χ1n) is 8.87. The molecule has 0 aliphatic heterocycles. The lowest BCUT2D eigenvalue weighted by molar-refractivity contribution is -0.128. The Balaban J connectivity index is 1.53. The average molecular weight is 415 g/mol. The molecule has 1 aromatic heterocycles. The molecule has 0 spiro atoms. The number of anilines is 2. The first-order chi connectivity index (χ1) is 13.7. The van der Waals surface area contributed by atoms with E-state index < -0.39 is 0 Å². The Labute approximate surface area is 172 Å². The number of aromatic nitrogens is 2. The number of nitrogens with one attached hydrogen (secondary N) is 1. The summed E-state index contributed by atoms with van der Waals surface area (Å²) in [6, 6.07) is 17.6. The molecule has 1 N–H and O–H groups in total. The van der Waals surface area contributed by atoms with Crippen LogP contribution in [0.2, 0.25) is 0 Å². The Bertz CT molecular complexity index is 902. The summed E-state index contributed by atoms with van der Waals surface area (Å²) in [5, 5.41) is 12.2. The monoisotopic (exact) mass is 414 g/mol. The van der Waals surface area contributed by atoms with Gasteiger partial charge >= 0.3 is 0 Å². The van der Waals surface area contributed by atoms with Crippen molar-refractivity contribution >= 4 is 39.8 Å². The number of amides is 1. The lowest BCUT2D eigenvalue weighted by atomic mass is 10.2. The van der Waals surface area contributed by atoms with Gasteiger partial charge in [-0.25, -0.2) is 0 Å². The summed E-state index contributed by atoms with van der Waals surface area (Å²) < 4.78 is 5.98. The van der Waals surface area contributed by atoms with Gasteiger partial charge in [-0.05, 0) is 24.6 Å². The maximum Gasteiger partial charge on any atom is 0.233 e. The molecule has 28 heavy (non-hydrogen) atoms. The zero-order valence-electron chi connectivity index (χ0n) is 15.8. The van der Waals surface area contributed by atoms with Gasteiger partial charge in [0, 0.05) is 24.8 Å². The molecule has 0 aliphatic carbocycles. The van der Waals surface area contributed by atoms with Crippen LogP contribution in [0.25, 0.3) is 0 Å². The van der Waals surface area contributed by atoms with Crippen LogP contribution in [-0.2, 0) is 11.3 Å². The number of thioether (sulfide) groups is 1. The number of ether oxygens (including phenoxy) is 1. The Hall–Kier alpha value is -2.58. The molecule has 0 saturated carbocycles. The van der Waals surface area contributed by atoms with E-state index in [4.69, 9.17) is 4.74 Å². The first kappa shape index (κ1) is 20.2. The molecular formula is C20H22N4O2S2. The second-order valence-electron chi connectivity index (χ2n) is 5.91. The summed E-state index contributed by atoms with van der Waals surface area (Å²) in [7, 11) is 1.63. The number of carbonyl (C=O) groups excluding carboxylic acids is 1. The van der Waals surface area contributed by atoms with Gasteiger partial charge in [0.25, 0.3) is 0 Å². The zero-order chi connectivity index (χ0) is 19.8. The molecule has 0 bridgehead atoms. The van der Waals surface area contributed by atoms with Crippen LogP contribution in [0, 0.1) is 0 Å². The van der Waals surface area contributed by atoms with Crippen LogP contribution in [0.4, 0.5) is 10.8 Å². The molecule has 0 fully saturated rings. The Morgan fingerprint density at radius 3 is 2.75 bits per heavy atom. The zero-order valence-corrected chi connectivity index (χ0v) is 17.4. The molecule has 1 heterocycles. The van der Waals surface area contributed by atoms with E-state index in [9.17, 15) is 4.79 Å². The van der Waals surface area contributed by atoms with Gasteiger partial charge in [0.05, 0.1) is 12.9 Å². The number of nitrogens with zero attached hydrogens (tertiary/aromatic N) is 3. The fraction of sp³-hybridized carbons (Fsp3) is 0.250. The van der Waals surface area contributed by atoms with E-state index >= 15 is 0 Å². The highest BCUT2D eigenvalue weighted by atomic mass is 32.2. The van der Waals surface area contributed by atoms with E-state index in [0.717, 1.165) is 21.3 Å². The van der Waals surface area contributed by atoms with E-state index in [0.29, 0.717) is 24.0 Å². The molecule has 2 aromatic carbocycles. The smallest absolute Gasteiger partial charge is 0.233 e. The highest BCUT2D eigenvalue weighted by Crippen LogP contribution is 2.29. The minimum Gasteiger partial charge on any atom is -0.497 e. The molecule has 3 rings (SSSR count). The Morgan fingerprint density at radius 2 is 2.00 bits per heavy atom. The third-order valence-electron chi connectivity index (χ3n) is 4.00. The van der Waals surface area contributed by atoms with E-state index in [1.165, 1.54) is 23.1 Å². The lowest BCUT2D eigenvalue weighted by Crippen LogP contribution is -2.31. The summed E-state index contributed by atoms with van der Waals surface area (Å²) >= 11 is 2.84. The van der Waals surface area contributed by atoms with Crippen LogP contribution < -0.4 is 10.1 Å². The van der Waals surface area contributed by atoms with Gasteiger partial charge in [-0.3, -0.25) is 4.79 Å². The topological polar surface area (TPSA) is 67.4 Å². The van der Waals surface area contributed by atoms with Gasteiger partial charge in [-0.2, -0.15) is 0 Å². The van der Waals surface area contributed by atoms with Crippen molar-refractivity contribution in [2.45, 2.75) is 17.8 Å². The van der Waals surface area contributed by atoms with Crippen LogP contribution in [-0.4, -0.2) is 40.4 Å². The van der Waals surface area contributed by atoms with E-state index in [1.54, 1.807) is 7.11 Å². The number of rotatable bonds is 9. The highest BCUT2D eigenvalue weighted by molar-refractivity contribution is 8.01. The third kappa shape index (κ3) is 5.71. The summed E-state index contributed by atoms with van der Waals surface area (Å²) in [5.74, 6) is 1.20. The number of methoxy groups -OCH3 is 1. The molecule has 1 amide bonds. The minimum absolute atomic E-state index is 0.0915. The fourth-order valence-electron chi connectivity index (χ4n) is 2.54. The van der Waals surface area contributed by atoms with Crippen molar-refractivity contribution in [2.24, 2.45) is 0 Å². The van der Waals surface area contributed by atoms with Crippen molar-refractivity contribution in [3.8, 4) is 5.75 Å². The highest BCUT2D eigenvalue weighted by Gasteiger charge is 2.14. The van der Waals surface area contributed by atoms with Gasteiger partial charge in [0.15, 0.2) is 4.34 Å². The van der Waals surface area contributed by atoms with Crippen LogP contribution in [0.3, 0.4) is 0 Å². The molecule has 8 heteroatoms. The molecular weight excluding hydrogens is 392 g/mol. The molecule has 3 aromatic rings. The molecule has 146 valence electrons. The lowest BCUT2D eigenvalue weighted by Gasteiger charge is -2.20. The van der Waals surface area contributed by atoms with Crippen LogP contribution in [0.1, 0.15) is 12.5 Å². The van der Waals surface area contributed by atoms with Crippen LogP contribution in [0.5, 0.6) is 5.75 Å². The van der Waals surface area contributed by atoms with E-state index in [1.807, 2.05) is 66.4 Å². The molecule has 0 unspecified atom stereocenters. The maximum atomic E-state index is 12.6. The predicted octanol–water partition coefficient (Wildman–Crippen LogP) is 4.43. The maximum absolute atomic E-state index is 12.6. The summed E-state index contributed by atoms with van der Waals surface area (Å²) in [6.45, 7) is 3.29. The second-order valence-corrected chi connectivity index (χ2v) is 8.11. The molecule has 0 atom stereocenters. The largest absolute Gasteiger partial charge is 0.497 e. The third-order valence-corrected chi connectivity index (χ3v) is 5.95. The number of hydrogen-bond donors (Lipinski definition) is 1. The van der Waals surface area contributed by atoms with Crippen molar-refractivity contribution in [3.63, 3.8) is 0 Å². The van der Waals surface area contributed by atoms with E-state index in [2.05, 4.69) is 15.5 Å². The standard InChI is InChI=1S/C20H22N4O2S2/c1-3-24(13-15-8-5-4-6-9-15)18(25)14-27-20-23-22-19(28-20)21-16-10-7-11-17(12-16)26-2/h4-12H,3,13-14H2,1-2H3,(H,21,22). The van der Waals surface area contributed by atoms with Crippen molar-refractivity contribution in [1.29, 1.82) is 0 Å². The molecule has 0 saturated heterocycles. The van der Waals surface area contributed by atoms with Crippen molar-refractivity contribution < 1.29 is 9.53 Å².